The third-order valence-corrected chi connectivity index (χ3v) is 5.50. The highest BCUT2D eigenvalue weighted by atomic mass is 32.2. The molecule has 0 saturated heterocycles. The first-order valence-electron chi connectivity index (χ1n) is 5.64. The van der Waals surface area contributed by atoms with Gasteiger partial charge in [0.1, 0.15) is 0 Å². The van der Waals surface area contributed by atoms with Crippen LogP contribution in [0, 0.1) is 11.8 Å². The number of hydrogen-bond donors (Lipinski definition) is 2. The molecule has 0 radical (unpaired) electrons. The van der Waals surface area contributed by atoms with Gasteiger partial charge in [-0.25, -0.2) is 13.1 Å². The third kappa shape index (κ3) is 2.38. The number of carboxylic acids is 1. The van der Waals surface area contributed by atoms with Crippen molar-refractivity contribution in [2.24, 2.45) is 11.8 Å². The molecule has 0 aromatic carbocycles. The van der Waals surface area contributed by atoms with Gasteiger partial charge in [-0.05, 0) is 31.6 Å². The summed E-state index contributed by atoms with van der Waals surface area (Å²) in [6.07, 6.45) is 2.52. The van der Waals surface area contributed by atoms with Crippen LogP contribution in [0.1, 0.15) is 32.6 Å². The van der Waals surface area contributed by atoms with E-state index in [1.807, 2.05) is 6.92 Å². The molecule has 0 heterocycles. The summed E-state index contributed by atoms with van der Waals surface area (Å²) in [5.74, 6) is -1.18. The van der Waals surface area contributed by atoms with Gasteiger partial charge < -0.3 is 5.11 Å². The number of carboxylic acid groups (broad SMARTS) is 1. The van der Waals surface area contributed by atoms with E-state index >= 15 is 0 Å². The van der Waals surface area contributed by atoms with Gasteiger partial charge in [0.15, 0.2) is 0 Å². The molecular weight excluding hydrogens is 230 g/mol. The van der Waals surface area contributed by atoms with Gasteiger partial charge in [0.2, 0.25) is 10.0 Å². The van der Waals surface area contributed by atoms with Crippen molar-refractivity contribution in [2.45, 2.75) is 43.9 Å². The zero-order valence-corrected chi connectivity index (χ0v) is 10.0. The summed E-state index contributed by atoms with van der Waals surface area (Å²) in [7, 11) is -3.19. The molecule has 0 aliphatic heterocycles. The molecule has 0 aromatic rings. The minimum absolute atomic E-state index is 0.0457. The highest BCUT2D eigenvalue weighted by Crippen LogP contribution is 2.34. The highest BCUT2D eigenvalue weighted by molar-refractivity contribution is 7.90. The fourth-order valence-corrected chi connectivity index (χ4v) is 4.00. The van der Waals surface area contributed by atoms with Crippen LogP contribution in [-0.4, -0.2) is 30.8 Å². The Kier molecular flexibility index (Phi) is 2.96. The van der Waals surface area contributed by atoms with Gasteiger partial charge in [-0.3, -0.25) is 4.79 Å². The summed E-state index contributed by atoms with van der Waals surface area (Å²) >= 11 is 0. The average Bonchev–Trinajstić information content (AvgIpc) is 2.91. The first kappa shape index (κ1) is 11.9. The van der Waals surface area contributed by atoms with E-state index in [-0.39, 0.29) is 17.2 Å². The highest BCUT2D eigenvalue weighted by Gasteiger charge is 2.41. The smallest absolute Gasteiger partial charge is 0.306 e. The molecule has 0 spiro atoms. The number of hydrogen-bond acceptors (Lipinski definition) is 3. The molecule has 2 saturated carbocycles. The van der Waals surface area contributed by atoms with Crippen molar-refractivity contribution >= 4 is 16.0 Å². The molecule has 2 fully saturated rings. The fraction of sp³-hybridized carbons (Fsp3) is 0.900. The lowest BCUT2D eigenvalue weighted by atomic mass is 9.99. The Morgan fingerprint density at radius 2 is 1.94 bits per heavy atom. The molecule has 0 amide bonds. The van der Waals surface area contributed by atoms with Gasteiger partial charge in [-0.15, -0.1) is 0 Å². The Hall–Kier alpha value is -0.620. The summed E-state index contributed by atoms with van der Waals surface area (Å²) < 4.78 is 26.0. The van der Waals surface area contributed by atoms with Crippen molar-refractivity contribution in [3.63, 3.8) is 0 Å². The molecule has 6 heteroatoms. The number of rotatable bonds is 4. The molecule has 5 nitrogen and oxygen atoms in total. The van der Waals surface area contributed by atoms with E-state index in [1.54, 1.807) is 0 Å². The molecule has 0 bridgehead atoms. The van der Waals surface area contributed by atoms with Crippen molar-refractivity contribution in [2.75, 3.05) is 0 Å². The van der Waals surface area contributed by atoms with Crippen LogP contribution in [0.15, 0.2) is 0 Å². The van der Waals surface area contributed by atoms with E-state index in [9.17, 15) is 13.2 Å². The predicted octanol–water partition coefficient (Wildman–Crippen LogP) is 0.567. The Labute approximate surface area is 95.3 Å². The Balaban J connectivity index is 1.96. The molecule has 2 rings (SSSR count). The van der Waals surface area contributed by atoms with Crippen LogP contribution in [0.4, 0.5) is 0 Å². The van der Waals surface area contributed by atoms with Crippen LogP contribution >= 0.6 is 0 Å². The zero-order chi connectivity index (χ0) is 11.9. The Bertz CT molecular complexity index is 388. The molecule has 3 atom stereocenters. The molecular formula is C10H17NO4S. The second-order valence-electron chi connectivity index (χ2n) is 4.95. The second kappa shape index (κ2) is 4.00. The molecule has 2 N–H and O–H groups in total. The lowest BCUT2D eigenvalue weighted by molar-refractivity contribution is -0.142. The minimum Gasteiger partial charge on any atom is -0.481 e. The van der Waals surface area contributed by atoms with Crippen LogP contribution in [0.3, 0.4) is 0 Å². The summed E-state index contributed by atoms with van der Waals surface area (Å²) in [4.78, 5) is 10.9. The molecule has 2 aliphatic rings. The number of aliphatic carboxylic acids is 1. The van der Waals surface area contributed by atoms with Crippen molar-refractivity contribution < 1.29 is 18.3 Å². The normalized spacial score (nSPS) is 35.2. The van der Waals surface area contributed by atoms with Crippen LogP contribution in [0.25, 0.3) is 0 Å². The second-order valence-corrected chi connectivity index (χ2v) is 6.94. The maximum Gasteiger partial charge on any atom is 0.306 e. The van der Waals surface area contributed by atoms with Crippen LogP contribution in [0.5, 0.6) is 0 Å². The SMILES string of the molecule is C[C@@H]1C[C@H](NS(=O)(=O)C2CC2)C[C@@H]1C(=O)O. The van der Waals surface area contributed by atoms with Gasteiger partial charge >= 0.3 is 5.97 Å². The number of sulfonamides is 1. The van der Waals surface area contributed by atoms with Crippen LogP contribution in [0.2, 0.25) is 0 Å². The van der Waals surface area contributed by atoms with Gasteiger partial charge in [0.05, 0.1) is 11.2 Å². The molecule has 0 unspecified atom stereocenters. The van der Waals surface area contributed by atoms with Gasteiger partial charge in [-0.1, -0.05) is 6.92 Å². The van der Waals surface area contributed by atoms with Crippen molar-refractivity contribution in [3.05, 3.63) is 0 Å². The van der Waals surface area contributed by atoms with E-state index in [1.165, 1.54) is 0 Å². The average molecular weight is 247 g/mol. The van der Waals surface area contributed by atoms with E-state index in [0.29, 0.717) is 12.8 Å². The van der Waals surface area contributed by atoms with E-state index in [0.717, 1.165) is 12.8 Å². The van der Waals surface area contributed by atoms with Crippen molar-refractivity contribution in [1.29, 1.82) is 0 Å². The summed E-state index contributed by atoms with van der Waals surface area (Å²) in [5.41, 5.74) is 0. The Morgan fingerprint density at radius 3 is 2.38 bits per heavy atom. The fourth-order valence-electron chi connectivity index (χ4n) is 2.40. The maximum atomic E-state index is 11.7. The zero-order valence-electron chi connectivity index (χ0n) is 9.22. The number of carbonyl (C=O) groups is 1. The van der Waals surface area contributed by atoms with Crippen molar-refractivity contribution in [1.82, 2.24) is 4.72 Å². The quantitative estimate of drug-likeness (QED) is 0.760. The maximum absolute atomic E-state index is 11.7. The first-order chi connectivity index (χ1) is 7.40. The molecule has 2 aliphatic carbocycles. The van der Waals surface area contributed by atoms with Gasteiger partial charge in [0, 0.05) is 6.04 Å². The summed E-state index contributed by atoms with van der Waals surface area (Å²) in [6.45, 7) is 1.87. The van der Waals surface area contributed by atoms with E-state index in [4.69, 9.17) is 5.11 Å². The third-order valence-electron chi connectivity index (χ3n) is 3.49. The lowest BCUT2D eigenvalue weighted by Crippen LogP contribution is -2.35. The minimum atomic E-state index is -3.19. The molecule has 0 aromatic heterocycles. The summed E-state index contributed by atoms with van der Waals surface area (Å²) in [6, 6.07) is -0.193. The van der Waals surface area contributed by atoms with Crippen LogP contribution in [-0.2, 0) is 14.8 Å². The van der Waals surface area contributed by atoms with Gasteiger partial charge in [-0.2, -0.15) is 0 Å². The van der Waals surface area contributed by atoms with Gasteiger partial charge in [0.25, 0.3) is 0 Å². The predicted molar refractivity (Wildman–Crippen MR) is 58.4 cm³/mol. The molecule has 92 valence electrons. The van der Waals surface area contributed by atoms with Crippen molar-refractivity contribution in [3.8, 4) is 0 Å². The van der Waals surface area contributed by atoms with Crippen LogP contribution < -0.4 is 4.72 Å². The first-order valence-corrected chi connectivity index (χ1v) is 7.18. The Morgan fingerprint density at radius 1 is 1.31 bits per heavy atom. The van der Waals surface area contributed by atoms with E-state index < -0.39 is 21.9 Å². The summed E-state index contributed by atoms with van der Waals surface area (Å²) in [5, 5.41) is 8.71. The largest absolute Gasteiger partial charge is 0.481 e. The number of nitrogens with one attached hydrogen (secondary N) is 1. The van der Waals surface area contributed by atoms with E-state index in [2.05, 4.69) is 4.72 Å². The monoisotopic (exact) mass is 247 g/mol. The topological polar surface area (TPSA) is 83.5 Å². The lowest BCUT2D eigenvalue weighted by Gasteiger charge is -2.12. The molecule has 16 heavy (non-hydrogen) atoms. The standard InChI is InChI=1S/C10H17NO4S/c1-6-4-7(5-9(6)10(12)13)11-16(14,15)8-2-3-8/h6-9,11H,2-5H2,1H3,(H,12,13)/t6-,7+,9+/m1/s1.